The molecule has 0 fully saturated rings. The van der Waals surface area contributed by atoms with Gasteiger partial charge in [-0.05, 0) is 95.3 Å². The first-order valence-electron chi connectivity index (χ1n) is 16.1. The van der Waals surface area contributed by atoms with Crippen molar-refractivity contribution in [1.82, 2.24) is 24.9 Å². The van der Waals surface area contributed by atoms with Crippen LogP contribution in [0.25, 0.3) is 67.4 Å². The predicted octanol–water partition coefficient (Wildman–Crippen LogP) is 10.3. The first kappa shape index (κ1) is 29.1. The number of benzene rings is 4. The minimum Gasteiger partial charge on any atom is -0.257 e. The molecule has 7 aromatic rings. The number of pyridine rings is 2. The van der Waals surface area contributed by atoms with Crippen LogP contribution in [0.5, 0.6) is 0 Å². The molecule has 0 saturated carbocycles. The van der Waals surface area contributed by atoms with Gasteiger partial charge in [0.05, 0.1) is 11.4 Å². The van der Waals surface area contributed by atoms with Gasteiger partial charge in [-0.15, -0.1) is 0 Å². The SMILES string of the molecule is C1=C(c2ccccn2)CCC=C1c1nc(-c2cc(-c3ccccc3)cc(-c3ccccc3)c2)nc(-c2cccc(-c3ccccn3)c2)n1. The van der Waals surface area contributed by atoms with Gasteiger partial charge in [-0.2, -0.15) is 0 Å². The molecule has 0 bridgehead atoms. The Morgan fingerprint density at radius 1 is 0.396 bits per heavy atom. The Bertz CT molecular complexity index is 2200. The largest absolute Gasteiger partial charge is 0.257 e. The average Bonchev–Trinajstić information content (AvgIpc) is 3.19. The molecule has 3 aromatic heterocycles. The third kappa shape index (κ3) is 6.22. The Hall–Kier alpha value is -6.33. The zero-order chi connectivity index (χ0) is 32.1. The fraction of sp³-hybridized carbons (Fsp3) is 0.0465. The summed E-state index contributed by atoms with van der Waals surface area (Å²) in [7, 11) is 0. The Morgan fingerprint density at radius 2 is 0.917 bits per heavy atom. The van der Waals surface area contributed by atoms with Gasteiger partial charge in [-0.25, -0.2) is 15.0 Å². The molecule has 1 aliphatic rings. The lowest BCUT2D eigenvalue weighted by atomic mass is 9.95. The summed E-state index contributed by atoms with van der Waals surface area (Å²) in [5.74, 6) is 1.86. The maximum Gasteiger partial charge on any atom is 0.164 e. The van der Waals surface area contributed by atoms with Gasteiger partial charge < -0.3 is 0 Å². The van der Waals surface area contributed by atoms with Gasteiger partial charge in [0.2, 0.25) is 0 Å². The molecular formula is C43H31N5. The molecule has 0 radical (unpaired) electrons. The third-order valence-electron chi connectivity index (χ3n) is 8.48. The van der Waals surface area contributed by atoms with Crippen molar-refractivity contribution in [2.75, 3.05) is 0 Å². The Morgan fingerprint density at radius 3 is 1.56 bits per heavy atom. The van der Waals surface area contributed by atoms with Crippen molar-refractivity contribution >= 4 is 11.1 Å². The van der Waals surface area contributed by atoms with Gasteiger partial charge in [-0.3, -0.25) is 9.97 Å². The van der Waals surface area contributed by atoms with E-state index in [-0.39, 0.29) is 0 Å². The molecule has 1 aliphatic carbocycles. The summed E-state index contributed by atoms with van der Waals surface area (Å²) in [6.07, 6.45) is 9.84. The summed E-state index contributed by atoms with van der Waals surface area (Å²) >= 11 is 0. The molecule has 4 aromatic carbocycles. The van der Waals surface area contributed by atoms with Crippen molar-refractivity contribution in [3.8, 4) is 56.3 Å². The number of rotatable bonds is 7. The number of nitrogens with zero attached hydrogens (tertiary/aromatic N) is 5. The third-order valence-corrected chi connectivity index (χ3v) is 8.48. The highest BCUT2D eigenvalue weighted by molar-refractivity contribution is 5.85. The number of hydrogen-bond acceptors (Lipinski definition) is 5. The van der Waals surface area contributed by atoms with Crippen molar-refractivity contribution < 1.29 is 0 Å². The lowest BCUT2D eigenvalue weighted by Gasteiger charge is -2.15. The van der Waals surface area contributed by atoms with Crippen molar-refractivity contribution in [3.63, 3.8) is 0 Å². The van der Waals surface area contributed by atoms with E-state index in [1.807, 2.05) is 60.9 Å². The van der Waals surface area contributed by atoms with Crippen LogP contribution in [-0.4, -0.2) is 24.9 Å². The highest BCUT2D eigenvalue weighted by atomic mass is 15.0. The van der Waals surface area contributed by atoms with Gasteiger partial charge in [-0.1, -0.05) is 97.1 Å². The van der Waals surface area contributed by atoms with Crippen LogP contribution in [0.2, 0.25) is 0 Å². The molecule has 0 N–H and O–H groups in total. The van der Waals surface area contributed by atoms with E-state index >= 15 is 0 Å². The molecular weight excluding hydrogens is 587 g/mol. The topological polar surface area (TPSA) is 64.5 Å². The molecule has 0 spiro atoms. The van der Waals surface area contributed by atoms with Crippen molar-refractivity contribution in [2.45, 2.75) is 12.8 Å². The Labute approximate surface area is 280 Å². The van der Waals surface area contributed by atoms with Gasteiger partial charge in [0.25, 0.3) is 0 Å². The van der Waals surface area contributed by atoms with Crippen molar-refractivity contribution in [3.05, 3.63) is 176 Å². The number of hydrogen-bond donors (Lipinski definition) is 0. The standard InChI is InChI=1S/C43H31N5/c1-3-13-30(14-4-1)36-27-37(31-15-5-2-6-16-31)29-38(28-36)43-47-41(34-19-11-17-32(25-34)39-21-7-9-23-44-39)46-42(48-43)35-20-12-18-33(26-35)40-22-8-10-24-45-40/h1-11,13-17,19-29H,12,18H2. The molecule has 5 heteroatoms. The summed E-state index contributed by atoms with van der Waals surface area (Å²) in [5.41, 5.74) is 11.3. The second-order valence-corrected chi connectivity index (χ2v) is 11.7. The second kappa shape index (κ2) is 13.2. The Kier molecular flexibility index (Phi) is 7.99. The zero-order valence-corrected chi connectivity index (χ0v) is 26.2. The van der Waals surface area contributed by atoms with E-state index in [1.165, 1.54) is 5.57 Å². The van der Waals surface area contributed by atoms with Crippen molar-refractivity contribution in [1.29, 1.82) is 0 Å². The number of aromatic nitrogens is 5. The van der Waals surface area contributed by atoms with Crippen LogP contribution in [0.3, 0.4) is 0 Å². The Balaban J connectivity index is 1.31. The molecule has 0 aliphatic heterocycles. The predicted molar refractivity (Wildman–Crippen MR) is 194 cm³/mol. The fourth-order valence-electron chi connectivity index (χ4n) is 6.08. The van der Waals surface area contributed by atoms with E-state index in [9.17, 15) is 0 Å². The summed E-state index contributed by atoms with van der Waals surface area (Å²) in [4.78, 5) is 24.6. The quantitative estimate of drug-likeness (QED) is 0.178. The minimum atomic E-state index is 0.610. The van der Waals surface area contributed by atoms with Crippen molar-refractivity contribution in [2.24, 2.45) is 0 Å². The summed E-state index contributed by atoms with van der Waals surface area (Å²) in [6.45, 7) is 0. The van der Waals surface area contributed by atoms with Crippen LogP contribution in [0.4, 0.5) is 0 Å². The van der Waals surface area contributed by atoms with Crippen LogP contribution in [0.15, 0.2) is 164 Å². The highest BCUT2D eigenvalue weighted by Gasteiger charge is 2.18. The molecule has 0 amide bonds. The summed E-state index contributed by atoms with van der Waals surface area (Å²) < 4.78 is 0. The second-order valence-electron chi connectivity index (χ2n) is 11.7. The van der Waals surface area contributed by atoms with Gasteiger partial charge in [0.1, 0.15) is 0 Å². The molecule has 48 heavy (non-hydrogen) atoms. The van der Waals surface area contributed by atoms with Crippen LogP contribution in [0.1, 0.15) is 24.4 Å². The van der Waals surface area contributed by atoms with Gasteiger partial charge in [0, 0.05) is 34.7 Å². The van der Waals surface area contributed by atoms with Crippen LogP contribution < -0.4 is 0 Å². The molecule has 8 rings (SSSR count). The first-order valence-corrected chi connectivity index (χ1v) is 16.1. The van der Waals surface area contributed by atoms with E-state index in [0.29, 0.717) is 17.5 Å². The zero-order valence-electron chi connectivity index (χ0n) is 26.2. The average molecular weight is 618 g/mol. The normalized spacial score (nSPS) is 12.7. The molecule has 5 nitrogen and oxygen atoms in total. The minimum absolute atomic E-state index is 0.610. The van der Waals surface area contributed by atoms with Crippen LogP contribution >= 0.6 is 0 Å². The maximum absolute atomic E-state index is 5.16. The smallest absolute Gasteiger partial charge is 0.164 e. The fourth-order valence-corrected chi connectivity index (χ4v) is 6.08. The van der Waals surface area contributed by atoms with E-state index in [2.05, 4.69) is 113 Å². The van der Waals surface area contributed by atoms with Gasteiger partial charge in [0.15, 0.2) is 17.5 Å². The monoisotopic (exact) mass is 617 g/mol. The van der Waals surface area contributed by atoms with E-state index in [0.717, 1.165) is 68.7 Å². The highest BCUT2D eigenvalue weighted by Crippen LogP contribution is 2.35. The maximum atomic E-state index is 5.16. The molecule has 228 valence electrons. The summed E-state index contributed by atoms with van der Waals surface area (Å²) in [5, 5.41) is 0. The van der Waals surface area contributed by atoms with E-state index < -0.39 is 0 Å². The summed E-state index contributed by atoms with van der Waals surface area (Å²) in [6, 6.07) is 47.7. The van der Waals surface area contributed by atoms with Crippen LogP contribution in [-0.2, 0) is 0 Å². The van der Waals surface area contributed by atoms with Gasteiger partial charge >= 0.3 is 0 Å². The van der Waals surface area contributed by atoms with E-state index in [4.69, 9.17) is 15.0 Å². The molecule has 0 saturated heterocycles. The molecule has 0 atom stereocenters. The molecule has 3 heterocycles. The van der Waals surface area contributed by atoms with Crippen LogP contribution in [0, 0.1) is 0 Å². The number of allylic oxidation sites excluding steroid dienone is 4. The lowest BCUT2D eigenvalue weighted by Crippen LogP contribution is -2.04. The first-order chi connectivity index (χ1) is 23.8. The lowest BCUT2D eigenvalue weighted by molar-refractivity contribution is 1.01. The van der Waals surface area contributed by atoms with E-state index in [1.54, 1.807) is 0 Å². The molecule has 0 unspecified atom stereocenters.